The standard InChI is InChI=1S/C13H16N2O2S/c1-8-3-4-12(17-2)9(5-8)11-7-18-13(15-11)10(14)6-16/h3-5,7,10,16H,6,14H2,1-2H3. The lowest BCUT2D eigenvalue weighted by Crippen LogP contribution is -2.13. The summed E-state index contributed by atoms with van der Waals surface area (Å²) in [4.78, 5) is 4.45. The van der Waals surface area contributed by atoms with Crippen LogP contribution >= 0.6 is 11.3 Å². The number of hydrogen-bond donors (Lipinski definition) is 2. The molecule has 18 heavy (non-hydrogen) atoms. The number of hydrogen-bond acceptors (Lipinski definition) is 5. The fraction of sp³-hybridized carbons (Fsp3) is 0.308. The van der Waals surface area contributed by atoms with Crippen molar-refractivity contribution in [1.82, 2.24) is 4.98 Å². The van der Waals surface area contributed by atoms with E-state index in [-0.39, 0.29) is 6.61 Å². The van der Waals surface area contributed by atoms with Crippen molar-refractivity contribution in [2.75, 3.05) is 13.7 Å². The van der Waals surface area contributed by atoms with Crippen molar-refractivity contribution in [2.45, 2.75) is 13.0 Å². The third-order valence-electron chi connectivity index (χ3n) is 2.67. The Morgan fingerprint density at radius 1 is 1.50 bits per heavy atom. The van der Waals surface area contributed by atoms with E-state index < -0.39 is 6.04 Å². The van der Waals surface area contributed by atoms with Crippen molar-refractivity contribution in [1.29, 1.82) is 0 Å². The number of aromatic nitrogens is 1. The zero-order valence-electron chi connectivity index (χ0n) is 10.4. The van der Waals surface area contributed by atoms with Crippen LogP contribution in [0.25, 0.3) is 11.3 Å². The van der Waals surface area contributed by atoms with E-state index >= 15 is 0 Å². The number of thiazole rings is 1. The highest BCUT2D eigenvalue weighted by atomic mass is 32.1. The molecule has 1 atom stereocenters. The van der Waals surface area contributed by atoms with Crippen LogP contribution in [-0.4, -0.2) is 23.8 Å². The topological polar surface area (TPSA) is 68.4 Å². The van der Waals surface area contributed by atoms with Gasteiger partial charge in [-0.3, -0.25) is 0 Å². The van der Waals surface area contributed by atoms with Gasteiger partial charge < -0.3 is 15.6 Å². The molecule has 0 fully saturated rings. The van der Waals surface area contributed by atoms with Crippen molar-refractivity contribution in [2.24, 2.45) is 5.73 Å². The van der Waals surface area contributed by atoms with E-state index in [9.17, 15) is 0 Å². The average molecular weight is 264 g/mol. The molecule has 0 amide bonds. The zero-order valence-corrected chi connectivity index (χ0v) is 11.2. The summed E-state index contributed by atoms with van der Waals surface area (Å²) in [5, 5.41) is 11.7. The van der Waals surface area contributed by atoms with E-state index in [1.54, 1.807) is 7.11 Å². The molecule has 5 heteroatoms. The maximum atomic E-state index is 9.03. The van der Waals surface area contributed by atoms with E-state index in [4.69, 9.17) is 15.6 Å². The van der Waals surface area contributed by atoms with E-state index in [1.165, 1.54) is 11.3 Å². The molecule has 2 rings (SSSR count). The molecule has 4 nitrogen and oxygen atoms in total. The Morgan fingerprint density at radius 3 is 2.94 bits per heavy atom. The average Bonchev–Trinajstić information content (AvgIpc) is 2.87. The number of nitrogens with two attached hydrogens (primary N) is 1. The van der Waals surface area contributed by atoms with Gasteiger partial charge in [0.05, 0.1) is 25.5 Å². The monoisotopic (exact) mass is 264 g/mol. The molecule has 96 valence electrons. The summed E-state index contributed by atoms with van der Waals surface area (Å²) < 4.78 is 5.33. The second-order valence-corrected chi connectivity index (χ2v) is 4.95. The van der Waals surface area contributed by atoms with Crippen LogP contribution in [0.1, 0.15) is 16.6 Å². The number of aryl methyl sites for hydroxylation is 1. The summed E-state index contributed by atoms with van der Waals surface area (Å²) in [5.41, 5.74) is 8.68. The molecular formula is C13H16N2O2S. The third-order valence-corrected chi connectivity index (χ3v) is 3.64. The summed E-state index contributed by atoms with van der Waals surface area (Å²) in [6.45, 7) is 1.92. The van der Waals surface area contributed by atoms with Gasteiger partial charge in [-0.15, -0.1) is 11.3 Å². The quantitative estimate of drug-likeness (QED) is 0.887. The van der Waals surface area contributed by atoms with Crippen molar-refractivity contribution in [3.8, 4) is 17.0 Å². The Morgan fingerprint density at radius 2 is 2.28 bits per heavy atom. The minimum absolute atomic E-state index is 0.0993. The molecule has 1 aromatic heterocycles. The molecule has 0 aliphatic carbocycles. The summed E-state index contributed by atoms with van der Waals surface area (Å²) in [6, 6.07) is 5.53. The molecular weight excluding hydrogens is 248 g/mol. The maximum Gasteiger partial charge on any atom is 0.128 e. The highest BCUT2D eigenvalue weighted by molar-refractivity contribution is 7.10. The molecule has 0 radical (unpaired) electrons. The van der Waals surface area contributed by atoms with Crippen molar-refractivity contribution < 1.29 is 9.84 Å². The first-order valence-corrected chi connectivity index (χ1v) is 6.50. The lowest BCUT2D eigenvalue weighted by atomic mass is 10.1. The van der Waals surface area contributed by atoms with Gasteiger partial charge in [-0.2, -0.15) is 0 Å². The van der Waals surface area contributed by atoms with Gasteiger partial charge in [0.2, 0.25) is 0 Å². The van der Waals surface area contributed by atoms with Gasteiger partial charge in [-0.1, -0.05) is 11.6 Å². The van der Waals surface area contributed by atoms with E-state index in [0.717, 1.165) is 27.6 Å². The Bertz CT molecular complexity index is 540. The van der Waals surface area contributed by atoms with Gasteiger partial charge >= 0.3 is 0 Å². The lowest BCUT2D eigenvalue weighted by Gasteiger charge is -2.07. The first-order valence-electron chi connectivity index (χ1n) is 5.62. The SMILES string of the molecule is COc1ccc(C)cc1-c1csc(C(N)CO)n1. The highest BCUT2D eigenvalue weighted by Gasteiger charge is 2.13. The van der Waals surface area contributed by atoms with Crippen molar-refractivity contribution >= 4 is 11.3 Å². The molecule has 0 saturated heterocycles. The van der Waals surface area contributed by atoms with Gasteiger partial charge in [-0.05, 0) is 19.1 Å². The van der Waals surface area contributed by atoms with E-state index in [1.807, 2.05) is 30.5 Å². The van der Waals surface area contributed by atoms with Gasteiger partial charge in [-0.25, -0.2) is 4.98 Å². The third kappa shape index (κ3) is 2.53. The van der Waals surface area contributed by atoms with E-state index in [2.05, 4.69) is 4.98 Å². The smallest absolute Gasteiger partial charge is 0.128 e. The highest BCUT2D eigenvalue weighted by Crippen LogP contribution is 2.32. The van der Waals surface area contributed by atoms with E-state index in [0.29, 0.717) is 0 Å². The molecule has 3 N–H and O–H groups in total. The normalized spacial score (nSPS) is 12.4. The molecule has 2 aromatic rings. The number of benzene rings is 1. The Balaban J connectivity index is 2.42. The Labute approximate surface area is 110 Å². The number of methoxy groups -OCH3 is 1. The largest absolute Gasteiger partial charge is 0.496 e. The molecule has 1 unspecified atom stereocenters. The number of aliphatic hydroxyl groups excluding tert-OH is 1. The second kappa shape index (κ2) is 5.48. The summed E-state index contributed by atoms with van der Waals surface area (Å²) in [7, 11) is 1.64. The minimum Gasteiger partial charge on any atom is -0.496 e. The maximum absolute atomic E-state index is 9.03. The van der Waals surface area contributed by atoms with Crippen LogP contribution in [-0.2, 0) is 0 Å². The van der Waals surface area contributed by atoms with Crippen LogP contribution in [0.5, 0.6) is 5.75 Å². The van der Waals surface area contributed by atoms with Gasteiger partial charge in [0.1, 0.15) is 10.8 Å². The van der Waals surface area contributed by atoms with Gasteiger partial charge in [0.25, 0.3) is 0 Å². The first-order chi connectivity index (χ1) is 8.65. The summed E-state index contributed by atoms with van der Waals surface area (Å²) in [6.07, 6.45) is 0. The first kappa shape index (κ1) is 13.0. The predicted octanol–water partition coefficient (Wildman–Crippen LogP) is 2.12. The number of rotatable bonds is 4. The Kier molecular flexibility index (Phi) is 3.96. The van der Waals surface area contributed by atoms with Crippen LogP contribution in [0, 0.1) is 6.92 Å². The van der Waals surface area contributed by atoms with Crippen molar-refractivity contribution in [3.63, 3.8) is 0 Å². The number of nitrogens with zero attached hydrogens (tertiary/aromatic N) is 1. The van der Waals surface area contributed by atoms with Crippen LogP contribution < -0.4 is 10.5 Å². The van der Waals surface area contributed by atoms with Gasteiger partial charge in [0, 0.05) is 10.9 Å². The molecule has 0 aliphatic rings. The molecule has 0 aliphatic heterocycles. The Hall–Kier alpha value is -1.43. The molecule has 0 saturated carbocycles. The number of ether oxygens (including phenoxy) is 1. The van der Waals surface area contributed by atoms with Crippen LogP contribution in [0.4, 0.5) is 0 Å². The number of aliphatic hydroxyl groups is 1. The summed E-state index contributed by atoms with van der Waals surface area (Å²) >= 11 is 1.45. The molecule has 1 aromatic carbocycles. The lowest BCUT2D eigenvalue weighted by molar-refractivity contribution is 0.268. The fourth-order valence-corrected chi connectivity index (χ4v) is 2.49. The fourth-order valence-electron chi connectivity index (χ4n) is 1.68. The second-order valence-electron chi connectivity index (χ2n) is 4.06. The van der Waals surface area contributed by atoms with Crippen LogP contribution in [0.2, 0.25) is 0 Å². The summed E-state index contributed by atoms with van der Waals surface area (Å²) in [5.74, 6) is 0.787. The predicted molar refractivity (Wildman–Crippen MR) is 72.9 cm³/mol. The zero-order chi connectivity index (χ0) is 13.1. The van der Waals surface area contributed by atoms with Crippen LogP contribution in [0.15, 0.2) is 23.6 Å². The molecule has 0 bridgehead atoms. The molecule has 0 spiro atoms. The van der Waals surface area contributed by atoms with Crippen molar-refractivity contribution in [3.05, 3.63) is 34.2 Å². The minimum atomic E-state index is -0.417. The molecule has 1 heterocycles. The van der Waals surface area contributed by atoms with Gasteiger partial charge in [0.15, 0.2) is 0 Å². The van der Waals surface area contributed by atoms with Crippen LogP contribution in [0.3, 0.4) is 0 Å².